The number of nitrogens with one attached hydrogen (secondary N) is 1. The monoisotopic (exact) mass is 473 g/mol. The highest BCUT2D eigenvalue weighted by molar-refractivity contribution is 7.89. The summed E-state index contributed by atoms with van der Waals surface area (Å²) >= 11 is 0. The molecule has 2 aromatic carbocycles. The van der Waals surface area contributed by atoms with Crippen LogP contribution in [0.15, 0.2) is 47.4 Å². The molecular weight excluding hydrogens is 445 g/mol. The van der Waals surface area contributed by atoms with Crippen molar-refractivity contribution in [3.05, 3.63) is 59.4 Å². The summed E-state index contributed by atoms with van der Waals surface area (Å²) in [5, 5.41) is 2.85. The molecule has 0 bridgehead atoms. The van der Waals surface area contributed by atoms with Gasteiger partial charge in [0.2, 0.25) is 21.8 Å². The summed E-state index contributed by atoms with van der Waals surface area (Å²) in [5.41, 5.74) is 2.48. The lowest BCUT2D eigenvalue weighted by atomic mass is 9.94. The van der Waals surface area contributed by atoms with Crippen LogP contribution in [0.4, 0.5) is 10.1 Å². The Labute approximate surface area is 193 Å². The number of rotatable bonds is 6. The molecule has 2 aliphatic heterocycles. The second kappa shape index (κ2) is 9.61. The van der Waals surface area contributed by atoms with Crippen LogP contribution in [0.1, 0.15) is 37.3 Å². The number of halogens is 1. The van der Waals surface area contributed by atoms with Gasteiger partial charge in [0.05, 0.1) is 4.90 Å². The lowest BCUT2D eigenvalue weighted by Crippen LogP contribution is -2.39. The SMILES string of the molecule is CC(=O)N1CCc2cc(S(=O)(=O)N3CCC(CC(=O)NCc4ccc(F)cc4)CC3)ccc21. The van der Waals surface area contributed by atoms with Gasteiger partial charge in [-0.3, -0.25) is 9.59 Å². The molecule has 2 amide bonds. The number of nitrogens with zero attached hydrogens (tertiary/aromatic N) is 2. The van der Waals surface area contributed by atoms with E-state index in [-0.39, 0.29) is 28.4 Å². The first kappa shape index (κ1) is 23.4. The smallest absolute Gasteiger partial charge is 0.243 e. The molecule has 1 saturated heterocycles. The van der Waals surface area contributed by atoms with Crippen molar-refractivity contribution in [2.24, 2.45) is 5.92 Å². The number of anilines is 1. The van der Waals surface area contributed by atoms with E-state index in [0.717, 1.165) is 16.8 Å². The Morgan fingerprint density at radius 1 is 1.06 bits per heavy atom. The fourth-order valence-corrected chi connectivity index (χ4v) is 6.03. The van der Waals surface area contributed by atoms with E-state index in [1.807, 2.05) is 0 Å². The first-order valence-electron chi connectivity index (χ1n) is 11.2. The average Bonchev–Trinajstić information content (AvgIpc) is 3.23. The summed E-state index contributed by atoms with van der Waals surface area (Å²) < 4.78 is 40.8. The van der Waals surface area contributed by atoms with Crippen LogP contribution in [0.5, 0.6) is 0 Å². The van der Waals surface area contributed by atoms with E-state index in [0.29, 0.717) is 51.9 Å². The van der Waals surface area contributed by atoms with Crippen molar-refractivity contribution in [1.29, 1.82) is 0 Å². The van der Waals surface area contributed by atoms with E-state index in [1.165, 1.54) is 23.4 Å². The molecule has 2 aromatic rings. The molecule has 0 spiro atoms. The van der Waals surface area contributed by atoms with E-state index in [2.05, 4.69) is 5.32 Å². The third-order valence-electron chi connectivity index (χ3n) is 6.41. The summed E-state index contributed by atoms with van der Waals surface area (Å²) in [4.78, 5) is 25.9. The van der Waals surface area contributed by atoms with E-state index >= 15 is 0 Å². The highest BCUT2D eigenvalue weighted by Gasteiger charge is 2.32. The van der Waals surface area contributed by atoms with Gasteiger partial charge in [0.25, 0.3) is 0 Å². The van der Waals surface area contributed by atoms with Crippen LogP contribution in [0.3, 0.4) is 0 Å². The topological polar surface area (TPSA) is 86.8 Å². The Morgan fingerprint density at radius 2 is 1.76 bits per heavy atom. The summed E-state index contributed by atoms with van der Waals surface area (Å²) in [5.74, 6) is -0.332. The number of piperidine rings is 1. The van der Waals surface area contributed by atoms with Crippen molar-refractivity contribution < 1.29 is 22.4 Å². The Balaban J connectivity index is 1.30. The summed E-state index contributed by atoms with van der Waals surface area (Å²) in [6.45, 7) is 3.16. The van der Waals surface area contributed by atoms with Crippen LogP contribution in [-0.4, -0.2) is 44.2 Å². The number of amides is 2. The first-order valence-corrected chi connectivity index (χ1v) is 12.6. The van der Waals surface area contributed by atoms with Gasteiger partial charge in [-0.15, -0.1) is 0 Å². The maximum absolute atomic E-state index is 13.2. The van der Waals surface area contributed by atoms with Gasteiger partial charge >= 0.3 is 0 Å². The summed E-state index contributed by atoms with van der Waals surface area (Å²) in [7, 11) is -3.62. The predicted octanol–water partition coefficient (Wildman–Crippen LogP) is 2.84. The highest BCUT2D eigenvalue weighted by atomic mass is 32.2. The molecule has 2 aliphatic rings. The molecule has 2 heterocycles. The molecule has 0 aliphatic carbocycles. The maximum atomic E-state index is 13.2. The van der Waals surface area contributed by atoms with Crippen molar-refractivity contribution >= 4 is 27.5 Å². The Bertz CT molecular complexity index is 1140. The number of hydrogen-bond acceptors (Lipinski definition) is 4. The molecule has 33 heavy (non-hydrogen) atoms. The number of carbonyl (C=O) groups excluding carboxylic acids is 2. The van der Waals surface area contributed by atoms with Crippen molar-refractivity contribution in [3.63, 3.8) is 0 Å². The van der Waals surface area contributed by atoms with Gasteiger partial charge in [0.1, 0.15) is 5.82 Å². The van der Waals surface area contributed by atoms with Crippen molar-refractivity contribution in [2.45, 2.75) is 44.0 Å². The second-order valence-corrected chi connectivity index (χ2v) is 10.6. The van der Waals surface area contributed by atoms with Gasteiger partial charge in [-0.2, -0.15) is 4.31 Å². The number of carbonyl (C=O) groups is 2. The van der Waals surface area contributed by atoms with E-state index in [9.17, 15) is 22.4 Å². The van der Waals surface area contributed by atoms with Crippen LogP contribution in [-0.2, 0) is 32.6 Å². The summed E-state index contributed by atoms with van der Waals surface area (Å²) in [6, 6.07) is 11.0. The number of benzene rings is 2. The van der Waals surface area contributed by atoms with Gasteiger partial charge < -0.3 is 10.2 Å². The minimum atomic E-state index is -3.62. The Hall–Kier alpha value is -2.78. The van der Waals surface area contributed by atoms with E-state index < -0.39 is 10.0 Å². The first-order chi connectivity index (χ1) is 15.7. The fourth-order valence-electron chi connectivity index (χ4n) is 4.51. The molecule has 1 fully saturated rings. The van der Waals surface area contributed by atoms with Crippen molar-refractivity contribution in [1.82, 2.24) is 9.62 Å². The average molecular weight is 474 g/mol. The van der Waals surface area contributed by atoms with E-state index in [1.54, 1.807) is 35.2 Å². The highest BCUT2D eigenvalue weighted by Crippen LogP contribution is 2.32. The molecule has 0 unspecified atom stereocenters. The third-order valence-corrected chi connectivity index (χ3v) is 8.31. The van der Waals surface area contributed by atoms with Crippen LogP contribution >= 0.6 is 0 Å². The Kier molecular flexibility index (Phi) is 6.81. The molecule has 176 valence electrons. The predicted molar refractivity (Wildman–Crippen MR) is 123 cm³/mol. The van der Waals surface area contributed by atoms with Gasteiger partial charge in [-0.1, -0.05) is 12.1 Å². The molecule has 9 heteroatoms. The van der Waals surface area contributed by atoms with Gasteiger partial charge in [-0.05, 0) is 66.6 Å². The van der Waals surface area contributed by atoms with Crippen LogP contribution in [0.2, 0.25) is 0 Å². The normalized spacial score (nSPS) is 17.1. The minimum absolute atomic E-state index is 0.0480. The van der Waals surface area contributed by atoms with Gasteiger partial charge in [-0.25, -0.2) is 12.8 Å². The standard InChI is InChI=1S/C24H28FN3O4S/c1-17(29)28-13-10-20-15-22(6-7-23(20)28)33(31,32)27-11-8-18(9-12-27)14-24(30)26-16-19-2-4-21(25)5-3-19/h2-7,15,18H,8-14,16H2,1H3,(H,26,30). The zero-order valence-electron chi connectivity index (χ0n) is 18.6. The number of hydrogen-bond donors (Lipinski definition) is 1. The zero-order valence-corrected chi connectivity index (χ0v) is 19.4. The molecule has 4 rings (SSSR count). The maximum Gasteiger partial charge on any atom is 0.243 e. The largest absolute Gasteiger partial charge is 0.352 e. The third kappa shape index (κ3) is 5.25. The van der Waals surface area contributed by atoms with E-state index in [4.69, 9.17) is 0 Å². The summed E-state index contributed by atoms with van der Waals surface area (Å²) in [6.07, 6.45) is 2.22. The zero-order chi connectivity index (χ0) is 23.6. The van der Waals surface area contributed by atoms with Gasteiger partial charge in [0.15, 0.2) is 0 Å². The number of sulfonamides is 1. The lowest BCUT2D eigenvalue weighted by molar-refractivity contribution is -0.122. The molecule has 7 nitrogen and oxygen atoms in total. The molecular formula is C24H28FN3O4S. The fraction of sp³-hybridized carbons (Fsp3) is 0.417. The van der Waals surface area contributed by atoms with Crippen molar-refractivity contribution in [3.8, 4) is 0 Å². The minimum Gasteiger partial charge on any atom is -0.352 e. The second-order valence-electron chi connectivity index (χ2n) is 8.67. The van der Waals surface area contributed by atoms with Gasteiger partial charge in [0, 0.05) is 45.2 Å². The quantitative estimate of drug-likeness (QED) is 0.699. The van der Waals surface area contributed by atoms with Crippen LogP contribution < -0.4 is 10.2 Å². The molecule has 0 radical (unpaired) electrons. The van der Waals surface area contributed by atoms with Crippen LogP contribution in [0.25, 0.3) is 0 Å². The number of fused-ring (bicyclic) bond motifs is 1. The molecule has 0 aromatic heterocycles. The van der Waals surface area contributed by atoms with Crippen LogP contribution in [0, 0.1) is 11.7 Å². The molecule has 0 atom stereocenters. The lowest BCUT2D eigenvalue weighted by Gasteiger charge is -2.31. The van der Waals surface area contributed by atoms with Crippen molar-refractivity contribution in [2.75, 3.05) is 24.5 Å². The molecule has 0 saturated carbocycles. The molecule has 1 N–H and O–H groups in total. The Morgan fingerprint density at radius 3 is 2.42 bits per heavy atom.